The zero-order valence-electron chi connectivity index (χ0n) is 20.6. The first-order valence-corrected chi connectivity index (χ1v) is 13.2. The topological polar surface area (TPSA) is 80.9 Å². The SMILES string of the molecule is CC(C)CCCC(C)C1CCC2C3CC(O)C4(O)CC(O)CCC4(C)C3C(O)CC12C. The van der Waals surface area contributed by atoms with E-state index in [4.69, 9.17) is 0 Å². The second kappa shape index (κ2) is 8.25. The lowest BCUT2D eigenvalue weighted by Crippen LogP contribution is -2.71. The van der Waals surface area contributed by atoms with E-state index in [0.717, 1.165) is 12.3 Å². The highest BCUT2D eigenvalue weighted by atomic mass is 16.3. The van der Waals surface area contributed by atoms with Crippen LogP contribution in [0.2, 0.25) is 0 Å². The molecule has 4 aliphatic carbocycles. The van der Waals surface area contributed by atoms with Gasteiger partial charge in [0, 0.05) is 11.8 Å². The lowest BCUT2D eigenvalue weighted by Gasteiger charge is -2.66. The van der Waals surface area contributed by atoms with E-state index in [1.54, 1.807) is 0 Å². The summed E-state index contributed by atoms with van der Waals surface area (Å²) in [6.45, 7) is 11.5. The number of rotatable bonds is 5. The molecule has 0 aromatic carbocycles. The van der Waals surface area contributed by atoms with E-state index in [-0.39, 0.29) is 23.7 Å². The largest absolute Gasteiger partial charge is 0.393 e. The molecule has 31 heavy (non-hydrogen) atoms. The molecule has 4 saturated carbocycles. The molecular formula is C27H48O4. The number of hydrogen-bond acceptors (Lipinski definition) is 4. The van der Waals surface area contributed by atoms with Gasteiger partial charge in [-0.3, -0.25) is 0 Å². The molecule has 0 saturated heterocycles. The molecule has 0 aromatic heterocycles. The molecule has 0 radical (unpaired) electrons. The van der Waals surface area contributed by atoms with Crippen LogP contribution in [0.25, 0.3) is 0 Å². The third-order valence-corrected chi connectivity index (χ3v) is 11.0. The third-order valence-electron chi connectivity index (χ3n) is 11.0. The van der Waals surface area contributed by atoms with Crippen molar-refractivity contribution in [2.45, 2.75) is 123 Å². The number of aliphatic hydroxyl groups excluding tert-OH is 3. The van der Waals surface area contributed by atoms with Gasteiger partial charge in [0.25, 0.3) is 0 Å². The highest BCUT2D eigenvalue weighted by molar-refractivity contribution is 5.19. The zero-order chi connectivity index (χ0) is 22.8. The van der Waals surface area contributed by atoms with Crippen LogP contribution < -0.4 is 0 Å². The fraction of sp³-hybridized carbons (Fsp3) is 1.00. The lowest BCUT2D eigenvalue weighted by atomic mass is 9.41. The van der Waals surface area contributed by atoms with Gasteiger partial charge in [-0.05, 0) is 79.4 Å². The van der Waals surface area contributed by atoms with Gasteiger partial charge in [0.1, 0.15) is 0 Å². The molecule has 4 heteroatoms. The second-order valence-corrected chi connectivity index (χ2v) is 13.0. The van der Waals surface area contributed by atoms with Gasteiger partial charge in [0.2, 0.25) is 0 Å². The molecule has 0 spiro atoms. The van der Waals surface area contributed by atoms with Crippen molar-refractivity contribution in [3.8, 4) is 0 Å². The normalized spacial score (nSPS) is 53.0. The van der Waals surface area contributed by atoms with Gasteiger partial charge in [-0.1, -0.05) is 53.9 Å². The van der Waals surface area contributed by atoms with Crippen molar-refractivity contribution in [2.24, 2.45) is 46.3 Å². The Morgan fingerprint density at radius 3 is 2.32 bits per heavy atom. The maximum atomic E-state index is 11.6. The maximum absolute atomic E-state index is 11.6. The average molecular weight is 437 g/mol. The molecule has 0 aliphatic heterocycles. The Morgan fingerprint density at radius 2 is 1.65 bits per heavy atom. The number of fused-ring (bicyclic) bond motifs is 5. The van der Waals surface area contributed by atoms with E-state index < -0.39 is 29.3 Å². The first-order valence-electron chi connectivity index (χ1n) is 13.2. The smallest absolute Gasteiger partial charge is 0.0986 e. The van der Waals surface area contributed by atoms with Crippen LogP contribution in [-0.4, -0.2) is 44.3 Å². The fourth-order valence-electron chi connectivity index (χ4n) is 9.41. The summed E-state index contributed by atoms with van der Waals surface area (Å²) in [5.41, 5.74) is -1.70. The van der Waals surface area contributed by atoms with E-state index in [1.807, 2.05) is 0 Å². The molecule has 0 amide bonds. The molecule has 180 valence electrons. The molecule has 4 N–H and O–H groups in total. The van der Waals surface area contributed by atoms with Crippen molar-refractivity contribution < 1.29 is 20.4 Å². The minimum atomic E-state index is -1.29. The molecule has 4 aliphatic rings. The van der Waals surface area contributed by atoms with Gasteiger partial charge in [-0.15, -0.1) is 0 Å². The summed E-state index contributed by atoms with van der Waals surface area (Å²) in [6.07, 6.45) is 7.41. The van der Waals surface area contributed by atoms with Crippen LogP contribution in [0.5, 0.6) is 0 Å². The summed E-state index contributed by atoms with van der Waals surface area (Å²) in [4.78, 5) is 0. The van der Waals surface area contributed by atoms with Crippen molar-refractivity contribution in [1.82, 2.24) is 0 Å². The summed E-state index contributed by atoms with van der Waals surface area (Å²) >= 11 is 0. The molecule has 4 rings (SSSR count). The van der Waals surface area contributed by atoms with Gasteiger partial charge in [0.05, 0.1) is 23.9 Å². The minimum absolute atomic E-state index is 0.0153. The maximum Gasteiger partial charge on any atom is 0.0986 e. The van der Waals surface area contributed by atoms with E-state index in [0.29, 0.717) is 37.0 Å². The third kappa shape index (κ3) is 3.63. The Labute approximate surface area is 189 Å². The molecule has 11 unspecified atom stereocenters. The first kappa shape index (κ1) is 24.0. The summed E-state index contributed by atoms with van der Waals surface area (Å²) in [6, 6.07) is 0. The van der Waals surface area contributed by atoms with Gasteiger partial charge >= 0.3 is 0 Å². The van der Waals surface area contributed by atoms with Crippen molar-refractivity contribution >= 4 is 0 Å². The Bertz CT molecular complexity index is 651. The fourth-order valence-corrected chi connectivity index (χ4v) is 9.41. The summed E-state index contributed by atoms with van der Waals surface area (Å²) in [5, 5.41) is 44.6. The van der Waals surface area contributed by atoms with Gasteiger partial charge < -0.3 is 20.4 Å². The van der Waals surface area contributed by atoms with Crippen LogP contribution in [0.1, 0.15) is 98.8 Å². The van der Waals surface area contributed by atoms with Crippen molar-refractivity contribution in [2.75, 3.05) is 0 Å². The monoisotopic (exact) mass is 436 g/mol. The highest BCUT2D eigenvalue weighted by Gasteiger charge is 2.69. The van der Waals surface area contributed by atoms with Gasteiger partial charge in [0.15, 0.2) is 0 Å². The predicted molar refractivity (Wildman–Crippen MR) is 123 cm³/mol. The average Bonchev–Trinajstić information content (AvgIpc) is 3.00. The van der Waals surface area contributed by atoms with E-state index in [9.17, 15) is 20.4 Å². The Morgan fingerprint density at radius 1 is 0.935 bits per heavy atom. The quantitative estimate of drug-likeness (QED) is 0.511. The van der Waals surface area contributed by atoms with E-state index in [1.165, 1.54) is 32.1 Å². The van der Waals surface area contributed by atoms with E-state index in [2.05, 4.69) is 34.6 Å². The summed E-state index contributed by atoms with van der Waals surface area (Å²) in [5.74, 6) is 2.86. The molecule has 11 atom stereocenters. The second-order valence-electron chi connectivity index (χ2n) is 13.0. The van der Waals surface area contributed by atoms with Crippen LogP contribution in [0.3, 0.4) is 0 Å². The Kier molecular flexibility index (Phi) is 6.38. The molecule has 0 heterocycles. The van der Waals surface area contributed by atoms with Gasteiger partial charge in [-0.2, -0.15) is 0 Å². The standard InChI is InChI=1S/C27H48O4/c1-16(2)7-6-8-17(3)20-9-10-21-19-13-23(30)27(31)14-18(28)11-12-26(27,5)24(19)22(29)15-25(20,21)4/h16-24,28-31H,6-15H2,1-5H3. The van der Waals surface area contributed by atoms with Crippen LogP contribution >= 0.6 is 0 Å². The molecule has 4 fully saturated rings. The van der Waals surface area contributed by atoms with Crippen LogP contribution in [-0.2, 0) is 0 Å². The Hall–Kier alpha value is -0.160. The number of aliphatic hydroxyl groups is 4. The van der Waals surface area contributed by atoms with Crippen LogP contribution in [0.15, 0.2) is 0 Å². The lowest BCUT2D eigenvalue weighted by molar-refractivity contribution is -0.282. The highest BCUT2D eigenvalue weighted by Crippen LogP contribution is 2.69. The van der Waals surface area contributed by atoms with Crippen molar-refractivity contribution in [1.29, 1.82) is 0 Å². The summed E-state index contributed by atoms with van der Waals surface area (Å²) in [7, 11) is 0. The molecule has 0 aromatic rings. The molecule has 4 nitrogen and oxygen atoms in total. The van der Waals surface area contributed by atoms with E-state index >= 15 is 0 Å². The molecular weight excluding hydrogens is 388 g/mol. The minimum Gasteiger partial charge on any atom is -0.393 e. The zero-order valence-corrected chi connectivity index (χ0v) is 20.6. The number of hydrogen-bond donors (Lipinski definition) is 4. The van der Waals surface area contributed by atoms with Crippen LogP contribution in [0.4, 0.5) is 0 Å². The first-order chi connectivity index (χ1) is 14.4. The predicted octanol–water partition coefficient (Wildman–Crippen LogP) is 4.53. The van der Waals surface area contributed by atoms with Crippen molar-refractivity contribution in [3.63, 3.8) is 0 Å². The Balaban J connectivity index is 1.58. The van der Waals surface area contributed by atoms with Crippen LogP contribution in [0, 0.1) is 46.3 Å². The van der Waals surface area contributed by atoms with Gasteiger partial charge in [-0.25, -0.2) is 0 Å². The molecule has 0 bridgehead atoms. The van der Waals surface area contributed by atoms with Crippen molar-refractivity contribution in [3.05, 3.63) is 0 Å². The summed E-state index contributed by atoms with van der Waals surface area (Å²) < 4.78 is 0.